The van der Waals surface area contributed by atoms with Crippen LogP contribution in [0.1, 0.15) is 81.1 Å². The largest absolute Gasteiger partial charge is 0.339 e. The van der Waals surface area contributed by atoms with Crippen LogP contribution in [0.4, 0.5) is 0 Å². The third-order valence-electron chi connectivity index (χ3n) is 7.27. The molecular formula is C23H32N4O. The minimum Gasteiger partial charge on any atom is -0.339 e. The first kappa shape index (κ1) is 18.3. The lowest BCUT2D eigenvalue weighted by Gasteiger charge is -2.33. The summed E-state index contributed by atoms with van der Waals surface area (Å²) in [5.74, 6) is 2.67. The SMILES string of the molecule is CC(C)N1CCC(c2nc([C@H]3C[C@@H](c4ccccc4)N4CCC[C@H]34)no2)CC1. The van der Waals surface area contributed by atoms with Gasteiger partial charge in [-0.25, -0.2) is 0 Å². The molecule has 0 amide bonds. The number of aromatic nitrogens is 2. The van der Waals surface area contributed by atoms with Crippen LogP contribution < -0.4 is 0 Å². The Morgan fingerprint density at radius 2 is 1.82 bits per heavy atom. The molecule has 3 atom stereocenters. The first-order valence-corrected chi connectivity index (χ1v) is 11.1. The number of hydrogen-bond donors (Lipinski definition) is 0. The van der Waals surface area contributed by atoms with Gasteiger partial charge in [0.2, 0.25) is 5.89 Å². The van der Waals surface area contributed by atoms with Gasteiger partial charge in [0.05, 0.1) is 0 Å². The summed E-state index contributed by atoms with van der Waals surface area (Å²) in [7, 11) is 0. The zero-order chi connectivity index (χ0) is 19.1. The van der Waals surface area contributed by atoms with Gasteiger partial charge in [-0.1, -0.05) is 35.5 Å². The molecule has 0 bridgehead atoms. The average molecular weight is 381 g/mol. The molecule has 0 radical (unpaired) electrons. The lowest BCUT2D eigenvalue weighted by Crippen LogP contribution is -2.37. The van der Waals surface area contributed by atoms with Crippen molar-refractivity contribution in [1.82, 2.24) is 19.9 Å². The summed E-state index contributed by atoms with van der Waals surface area (Å²) in [4.78, 5) is 10.2. The Bertz CT molecular complexity index is 781. The van der Waals surface area contributed by atoms with Crippen molar-refractivity contribution < 1.29 is 4.52 Å². The standard InChI is InChI=1S/C23H32N4O/c1-16(2)26-13-10-18(11-14-26)23-24-22(25-28-23)19-15-21(17-7-4-3-5-8-17)27-12-6-9-20(19)27/h3-5,7-8,16,18-21H,6,9-15H2,1-2H3/t19-,20+,21-/m0/s1. The van der Waals surface area contributed by atoms with Crippen molar-refractivity contribution in [3.05, 3.63) is 47.6 Å². The third-order valence-corrected chi connectivity index (χ3v) is 7.27. The molecule has 3 fully saturated rings. The summed E-state index contributed by atoms with van der Waals surface area (Å²) >= 11 is 0. The fourth-order valence-corrected chi connectivity index (χ4v) is 5.67. The maximum Gasteiger partial charge on any atom is 0.229 e. The van der Waals surface area contributed by atoms with E-state index in [1.807, 2.05) is 0 Å². The van der Waals surface area contributed by atoms with Crippen LogP contribution in [0, 0.1) is 0 Å². The van der Waals surface area contributed by atoms with Crippen LogP contribution in [0.5, 0.6) is 0 Å². The number of benzene rings is 1. The van der Waals surface area contributed by atoms with E-state index in [4.69, 9.17) is 9.51 Å². The van der Waals surface area contributed by atoms with Gasteiger partial charge in [-0.3, -0.25) is 4.90 Å². The highest BCUT2D eigenvalue weighted by Crippen LogP contribution is 2.48. The van der Waals surface area contributed by atoms with E-state index in [9.17, 15) is 0 Å². The molecule has 3 aliphatic heterocycles. The molecule has 150 valence electrons. The van der Waals surface area contributed by atoms with Crippen LogP contribution in [0.25, 0.3) is 0 Å². The topological polar surface area (TPSA) is 45.4 Å². The van der Waals surface area contributed by atoms with Gasteiger partial charge in [0.25, 0.3) is 0 Å². The van der Waals surface area contributed by atoms with E-state index in [0.29, 0.717) is 30.0 Å². The van der Waals surface area contributed by atoms with Gasteiger partial charge in [-0.2, -0.15) is 4.98 Å². The highest BCUT2D eigenvalue weighted by atomic mass is 16.5. The molecular weight excluding hydrogens is 348 g/mol. The van der Waals surface area contributed by atoms with Crippen LogP contribution in [0.15, 0.2) is 34.9 Å². The van der Waals surface area contributed by atoms with Crippen molar-refractivity contribution in [2.45, 2.75) is 75.9 Å². The van der Waals surface area contributed by atoms with Crippen molar-refractivity contribution in [2.75, 3.05) is 19.6 Å². The first-order chi connectivity index (χ1) is 13.7. The van der Waals surface area contributed by atoms with E-state index in [0.717, 1.165) is 44.1 Å². The van der Waals surface area contributed by atoms with Crippen LogP contribution in [0.3, 0.4) is 0 Å². The number of hydrogen-bond acceptors (Lipinski definition) is 5. The van der Waals surface area contributed by atoms with E-state index in [1.54, 1.807) is 0 Å². The fraction of sp³-hybridized carbons (Fsp3) is 0.652. The molecule has 5 heteroatoms. The summed E-state index contributed by atoms with van der Waals surface area (Å²) in [5.41, 5.74) is 1.43. The first-order valence-electron chi connectivity index (χ1n) is 11.1. The Morgan fingerprint density at radius 1 is 1.04 bits per heavy atom. The molecule has 0 aliphatic carbocycles. The maximum atomic E-state index is 5.80. The van der Waals surface area contributed by atoms with E-state index in [-0.39, 0.29) is 0 Å². The molecule has 28 heavy (non-hydrogen) atoms. The number of likely N-dealkylation sites (tertiary alicyclic amines) is 1. The second-order valence-electron chi connectivity index (χ2n) is 9.11. The summed E-state index contributed by atoms with van der Waals surface area (Å²) in [6, 6.07) is 12.6. The van der Waals surface area contributed by atoms with Gasteiger partial charge < -0.3 is 9.42 Å². The third kappa shape index (κ3) is 3.29. The molecule has 0 N–H and O–H groups in total. The molecule has 0 unspecified atom stereocenters. The predicted molar refractivity (Wildman–Crippen MR) is 109 cm³/mol. The normalized spacial score (nSPS) is 29.6. The van der Waals surface area contributed by atoms with Crippen molar-refractivity contribution >= 4 is 0 Å². The monoisotopic (exact) mass is 380 g/mol. The van der Waals surface area contributed by atoms with Crippen molar-refractivity contribution in [3.8, 4) is 0 Å². The molecule has 3 saturated heterocycles. The quantitative estimate of drug-likeness (QED) is 0.789. The summed E-state index contributed by atoms with van der Waals surface area (Å²) in [6.45, 7) is 8.02. The second kappa shape index (κ2) is 7.60. The second-order valence-corrected chi connectivity index (χ2v) is 9.11. The average Bonchev–Trinajstić information content (AvgIpc) is 3.45. The van der Waals surface area contributed by atoms with Crippen molar-refractivity contribution in [2.24, 2.45) is 0 Å². The Morgan fingerprint density at radius 3 is 2.57 bits per heavy atom. The van der Waals surface area contributed by atoms with Gasteiger partial charge in [-0.15, -0.1) is 0 Å². The maximum absolute atomic E-state index is 5.80. The number of rotatable bonds is 4. The Balaban J connectivity index is 1.32. The lowest BCUT2D eigenvalue weighted by atomic mass is 9.93. The minimum atomic E-state index is 0.404. The van der Waals surface area contributed by atoms with Crippen LogP contribution in [0.2, 0.25) is 0 Å². The molecule has 1 aromatic heterocycles. The zero-order valence-electron chi connectivity index (χ0n) is 17.1. The van der Waals surface area contributed by atoms with E-state index < -0.39 is 0 Å². The van der Waals surface area contributed by atoms with Crippen LogP contribution in [-0.4, -0.2) is 51.7 Å². The van der Waals surface area contributed by atoms with Crippen LogP contribution >= 0.6 is 0 Å². The summed E-state index contributed by atoms with van der Waals surface area (Å²) in [6.07, 6.45) is 5.91. The number of piperidine rings is 1. The molecule has 5 rings (SSSR count). The Labute approximate surface area is 168 Å². The van der Waals surface area contributed by atoms with E-state index in [2.05, 4.69) is 59.1 Å². The summed E-state index contributed by atoms with van der Waals surface area (Å²) in [5, 5.41) is 4.49. The number of fused-ring (bicyclic) bond motifs is 1. The molecule has 0 spiro atoms. The Kier molecular flexibility index (Phi) is 4.97. The van der Waals surface area contributed by atoms with Crippen LogP contribution in [-0.2, 0) is 0 Å². The molecule has 3 aliphatic rings. The smallest absolute Gasteiger partial charge is 0.229 e. The lowest BCUT2D eigenvalue weighted by molar-refractivity contribution is 0.159. The highest BCUT2D eigenvalue weighted by Gasteiger charge is 2.46. The number of nitrogens with zero attached hydrogens (tertiary/aromatic N) is 4. The Hall–Kier alpha value is -1.72. The molecule has 5 nitrogen and oxygen atoms in total. The van der Waals surface area contributed by atoms with E-state index in [1.165, 1.54) is 24.9 Å². The molecule has 1 aromatic carbocycles. The fourth-order valence-electron chi connectivity index (χ4n) is 5.67. The zero-order valence-corrected chi connectivity index (χ0v) is 17.1. The van der Waals surface area contributed by atoms with Gasteiger partial charge in [-0.05, 0) is 71.1 Å². The highest BCUT2D eigenvalue weighted by molar-refractivity contribution is 5.24. The van der Waals surface area contributed by atoms with Crippen molar-refractivity contribution in [1.29, 1.82) is 0 Å². The van der Waals surface area contributed by atoms with Gasteiger partial charge >= 0.3 is 0 Å². The predicted octanol–water partition coefficient (Wildman–Crippen LogP) is 4.35. The van der Waals surface area contributed by atoms with E-state index >= 15 is 0 Å². The molecule has 0 saturated carbocycles. The van der Waals surface area contributed by atoms with Gasteiger partial charge in [0.1, 0.15) is 0 Å². The molecule has 2 aromatic rings. The molecule has 4 heterocycles. The van der Waals surface area contributed by atoms with Crippen molar-refractivity contribution in [3.63, 3.8) is 0 Å². The summed E-state index contributed by atoms with van der Waals surface area (Å²) < 4.78 is 5.80. The minimum absolute atomic E-state index is 0.404. The van der Waals surface area contributed by atoms with Gasteiger partial charge in [0, 0.05) is 30.0 Å². The van der Waals surface area contributed by atoms with Gasteiger partial charge in [0.15, 0.2) is 5.82 Å².